The molecule has 0 aliphatic rings. The zero-order valence-electron chi connectivity index (χ0n) is 16.1. The highest BCUT2D eigenvalue weighted by atomic mass is 32.1. The van der Waals surface area contributed by atoms with E-state index in [2.05, 4.69) is 15.4 Å². The van der Waals surface area contributed by atoms with Crippen LogP contribution in [0.3, 0.4) is 0 Å². The lowest BCUT2D eigenvalue weighted by molar-refractivity contribution is 0.0928. The number of amides is 1. The van der Waals surface area contributed by atoms with Crippen molar-refractivity contribution in [1.29, 1.82) is 0 Å². The zero-order chi connectivity index (χ0) is 20.2. The van der Waals surface area contributed by atoms with Crippen LogP contribution in [0.5, 0.6) is 0 Å². The average molecular weight is 407 g/mol. The van der Waals surface area contributed by atoms with Crippen molar-refractivity contribution in [3.63, 3.8) is 0 Å². The fourth-order valence-corrected chi connectivity index (χ4v) is 3.71. The monoisotopic (exact) mass is 407 g/mol. The minimum Gasteiger partial charge on any atom is -0.468 e. The molecular weight excluding hydrogens is 386 g/mol. The normalized spacial score (nSPS) is 12.2. The fraction of sp³-hybridized carbons (Fsp3) is 0.190. The first-order valence-corrected chi connectivity index (χ1v) is 10.1. The van der Waals surface area contributed by atoms with Crippen LogP contribution in [0, 0.1) is 0 Å². The SMILES string of the molecule is CN(C)C(CNC(=O)c1nc(-c2cccs2)n(-c2ccccc2)n1)c1ccco1. The average Bonchev–Trinajstić information content (AvgIpc) is 3.49. The highest BCUT2D eigenvalue weighted by molar-refractivity contribution is 7.13. The molecule has 1 amide bonds. The van der Waals surface area contributed by atoms with E-state index in [1.165, 1.54) is 0 Å². The third-order valence-electron chi connectivity index (χ3n) is 4.50. The van der Waals surface area contributed by atoms with Crippen LogP contribution in [-0.2, 0) is 0 Å². The third kappa shape index (κ3) is 4.13. The van der Waals surface area contributed by atoms with Crippen LogP contribution < -0.4 is 5.32 Å². The maximum absolute atomic E-state index is 12.8. The number of aromatic nitrogens is 3. The molecule has 1 N–H and O–H groups in total. The third-order valence-corrected chi connectivity index (χ3v) is 5.37. The van der Waals surface area contributed by atoms with E-state index in [4.69, 9.17) is 4.42 Å². The molecule has 3 aromatic heterocycles. The molecule has 3 heterocycles. The summed E-state index contributed by atoms with van der Waals surface area (Å²) >= 11 is 1.56. The Bertz CT molecular complexity index is 1060. The summed E-state index contributed by atoms with van der Waals surface area (Å²) in [7, 11) is 3.88. The lowest BCUT2D eigenvalue weighted by Gasteiger charge is -2.22. The Morgan fingerprint density at radius 2 is 2.00 bits per heavy atom. The van der Waals surface area contributed by atoms with E-state index in [1.54, 1.807) is 22.3 Å². The van der Waals surface area contributed by atoms with E-state index in [9.17, 15) is 4.79 Å². The van der Waals surface area contributed by atoms with Crippen LogP contribution in [-0.4, -0.2) is 46.2 Å². The highest BCUT2D eigenvalue weighted by Crippen LogP contribution is 2.25. The van der Waals surface area contributed by atoms with Gasteiger partial charge in [0.05, 0.1) is 22.9 Å². The van der Waals surface area contributed by atoms with Gasteiger partial charge in [-0.05, 0) is 49.8 Å². The molecule has 148 valence electrons. The number of thiophene rings is 1. The van der Waals surface area contributed by atoms with Gasteiger partial charge >= 0.3 is 0 Å². The molecule has 0 aliphatic heterocycles. The van der Waals surface area contributed by atoms with Gasteiger partial charge < -0.3 is 9.73 Å². The Balaban J connectivity index is 1.59. The number of rotatable bonds is 7. The quantitative estimate of drug-likeness (QED) is 0.506. The van der Waals surface area contributed by atoms with Crippen molar-refractivity contribution in [2.45, 2.75) is 6.04 Å². The van der Waals surface area contributed by atoms with E-state index in [1.807, 2.05) is 79.0 Å². The molecule has 1 unspecified atom stereocenters. The maximum Gasteiger partial charge on any atom is 0.291 e. The summed E-state index contributed by atoms with van der Waals surface area (Å²) < 4.78 is 7.20. The van der Waals surface area contributed by atoms with Gasteiger partial charge in [0.1, 0.15) is 5.76 Å². The number of carbonyl (C=O) groups excluding carboxylic acids is 1. The van der Waals surface area contributed by atoms with Gasteiger partial charge in [0.25, 0.3) is 5.91 Å². The van der Waals surface area contributed by atoms with Crippen LogP contribution in [0.4, 0.5) is 0 Å². The number of carbonyl (C=O) groups is 1. The second-order valence-electron chi connectivity index (χ2n) is 6.69. The molecule has 29 heavy (non-hydrogen) atoms. The van der Waals surface area contributed by atoms with Crippen LogP contribution in [0.25, 0.3) is 16.4 Å². The Morgan fingerprint density at radius 3 is 2.66 bits per heavy atom. The van der Waals surface area contributed by atoms with Gasteiger partial charge in [-0.25, -0.2) is 9.67 Å². The lowest BCUT2D eigenvalue weighted by Crippen LogP contribution is -2.34. The molecule has 0 fully saturated rings. The Hall–Kier alpha value is -3.23. The van der Waals surface area contributed by atoms with Crippen LogP contribution in [0.15, 0.2) is 70.7 Å². The van der Waals surface area contributed by atoms with Crippen molar-refractivity contribution in [2.24, 2.45) is 0 Å². The molecule has 1 atom stereocenters. The number of benzene rings is 1. The maximum atomic E-state index is 12.8. The molecular formula is C21H21N5O2S. The molecule has 0 saturated heterocycles. The van der Waals surface area contributed by atoms with E-state index in [-0.39, 0.29) is 17.8 Å². The van der Waals surface area contributed by atoms with Crippen molar-refractivity contribution in [1.82, 2.24) is 25.0 Å². The Kier molecular flexibility index (Phi) is 5.55. The first-order valence-electron chi connectivity index (χ1n) is 9.18. The summed E-state index contributed by atoms with van der Waals surface area (Å²) in [5, 5.41) is 9.39. The molecule has 4 rings (SSSR count). The molecule has 0 saturated carbocycles. The number of para-hydroxylation sites is 1. The van der Waals surface area contributed by atoms with E-state index in [0.717, 1.165) is 16.3 Å². The van der Waals surface area contributed by atoms with Crippen molar-refractivity contribution >= 4 is 17.2 Å². The molecule has 0 spiro atoms. The number of furan rings is 1. The predicted molar refractivity (Wildman–Crippen MR) is 112 cm³/mol. The topological polar surface area (TPSA) is 76.2 Å². The summed E-state index contributed by atoms with van der Waals surface area (Å²) in [6.07, 6.45) is 1.63. The first-order chi connectivity index (χ1) is 14.1. The second-order valence-corrected chi connectivity index (χ2v) is 7.64. The fourth-order valence-electron chi connectivity index (χ4n) is 3.01. The van der Waals surface area contributed by atoms with Gasteiger partial charge in [0.2, 0.25) is 5.82 Å². The molecule has 1 aromatic carbocycles. The summed E-state index contributed by atoms with van der Waals surface area (Å²) in [4.78, 5) is 20.3. The van der Waals surface area contributed by atoms with Crippen molar-refractivity contribution in [3.8, 4) is 16.4 Å². The van der Waals surface area contributed by atoms with Crippen molar-refractivity contribution in [2.75, 3.05) is 20.6 Å². The number of likely N-dealkylation sites (N-methyl/N-ethyl adjacent to an activating group) is 1. The Morgan fingerprint density at radius 1 is 1.17 bits per heavy atom. The van der Waals surface area contributed by atoms with Gasteiger partial charge in [-0.3, -0.25) is 9.69 Å². The van der Waals surface area contributed by atoms with Gasteiger partial charge in [-0.15, -0.1) is 16.4 Å². The van der Waals surface area contributed by atoms with Crippen LogP contribution >= 0.6 is 11.3 Å². The molecule has 0 aliphatic carbocycles. The smallest absolute Gasteiger partial charge is 0.291 e. The number of hydrogen-bond donors (Lipinski definition) is 1. The van der Waals surface area contributed by atoms with Gasteiger partial charge in [-0.1, -0.05) is 24.3 Å². The highest BCUT2D eigenvalue weighted by Gasteiger charge is 2.22. The van der Waals surface area contributed by atoms with Gasteiger partial charge in [0.15, 0.2) is 5.82 Å². The van der Waals surface area contributed by atoms with Crippen LogP contribution in [0.2, 0.25) is 0 Å². The largest absolute Gasteiger partial charge is 0.468 e. The number of nitrogens with one attached hydrogen (secondary N) is 1. The molecule has 7 nitrogen and oxygen atoms in total. The zero-order valence-corrected chi connectivity index (χ0v) is 17.0. The summed E-state index contributed by atoms with van der Waals surface area (Å²) in [5.74, 6) is 1.24. The minimum absolute atomic E-state index is 0.0816. The second kappa shape index (κ2) is 8.42. The summed E-state index contributed by atoms with van der Waals surface area (Å²) in [6, 6.07) is 17.2. The number of nitrogens with zero attached hydrogens (tertiary/aromatic N) is 4. The number of hydrogen-bond acceptors (Lipinski definition) is 6. The van der Waals surface area contributed by atoms with E-state index >= 15 is 0 Å². The van der Waals surface area contributed by atoms with Gasteiger partial charge in [-0.2, -0.15) is 0 Å². The Labute approximate surface area is 172 Å². The summed E-state index contributed by atoms with van der Waals surface area (Å²) in [6.45, 7) is 0.382. The molecule has 4 aromatic rings. The van der Waals surface area contributed by atoms with E-state index < -0.39 is 0 Å². The minimum atomic E-state index is -0.323. The van der Waals surface area contributed by atoms with Crippen LogP contribution in [0.1, 0.15) is 22.4 Å². The van der Waals surface area contributed by atoms with Gasteiger partial charge in [0, 0.05) is 6.54 Å². The van der Waals surface area contributed by atoms with Crippen molar-refractivity contribution in [3.05, 3.63) is 77.8 Å². The summed E-state index contributed by atoms with van der Waals surface area (Å²) in [5.41, 5.74) is 0.851. The lowest BCUT2D eigenvalue weighted by atomic mass is 10.2. The molecule has 8 heteroatoms. The van der Waals surface area contributed by atoms with Crippen molar-refractivity contribution < 1.29 is 9.21 Å². The molecule has 0 radical (unpaired) electrons. The van der Waals surface area contributed by atoms with E-state index in [0.29, 0.717) is 12.4 Å². The first kappa shape index (κ1) is 19.1. The standard InChI is InChI=1S/C21H21N5O2S/c1-25(2)16(17-10-6-12-28-17)14-22-21(27)19-23-20(18-11-7-13-29-18)26(24-19)15-8-4-3-5-9-15/h3-13,16H,14H2,1-2H3,(H,22,27). The predicted octanol–water partition coefficient (Wildman–Crippen LogP) is 3.62. The molecule has 0 bridgehead atoms.